The van der Waals surface area contributed by atoms with Gasteiger partial charge in [0.1, 0.15) is 0 Å². The van der Waals surface area contributed by atoms with Crippen molar-refractivity contribution in [1.29, 1.82) is 0 Å². The fourth-order valence-corrected chi connectivity index (χ4v) is 3.86. The van der Waals surface area contributed by atoms with Crippen LogP contribution in [-0.4, -0.2) is 22.7 Å². The van der Waals surface area contributed by atoms with Crippen LogP contribution in [0.1, 0.15) is 31.4 Å². The van der Waals surface area contributed by atoms with Gasteiger partial charge in [0.05, 0.1) is 11.4 Å². The largest absolute Gasteiger partial charge is 0.479 e. The number of benzene rings is 2. The molecule has 0 aromatic heterocycles. The van der Waals surface area contributed by atoms with E-state index in [9.17, 15) is 9.90 Å². The molecule has 2 aromatic rings. The molecule has 120 valence electrons. The van der Waals surface area contributed by atoms with Crippen molar-refractivity contribution >= 4 is 29.1 Å². The van der Waals surface area contributed by atoms with Crippen molar-refractivity contribution in [2.24, 2.45) is 0 Å². The van der Waals surface area contributed by atoms with Gasteiger partial charge < -0.3 is 15.1 Å². The zero-order chi connectivity index (χ0) is 16.4. The van der Waals surface area contributed by atoms with E-state index in [0.29, 0.717) is 5.56 Å². The maximum atomic E-state index is 11.0. The van der Waals surface area contributed by atoms with E-state index in [0.717, 1.165) is 34.9 Å². The van der Waals surface area contributed by atoms with E-state index < -0.39 is 12.1 Å². The number of para-hydroxylation sites is 1. The fourth-order valence-electron chi connectivity index (χ4n) is 2.72. The van der Waals surface area contributed by atoms with Crippen molar-refractivity contribution in [3.63, 3.8) is 0 Å². The first-order valence-corrected chi connectivity index (χ1v) is 8.52. The second-order valence-electron chi connectivity index (χ2n) is 5.54. The van der Waals surface area contributed by atoms with Crippen molar-refractivity contribution in [3.05, 3.63) is 48.0 Å². The molecule has 0 saturated heterocycles. The smallest absolute Gasteiger partial charge is 0.337 e. The van der Waals surface area contributed by atoms with E-state index in [4.69, 9.17) is 5.11 Å². The number of aliphatic hydroxyl groups excluding tert-OH is 1. The Morgan fingerprint density at radius 1 is 1.17 bits per heavy atom. The third-order valence-corrected chi connectivity index (χ3v) is 5.05. The van der Waals surface area contributed by atoms with Crippen molar-refractivity contribution in [2.45, 2.75) is 35.7 Å². The van der Waals surface area contributed by atoms with E-state index in [1.165, 1.54) is 5.69 Å². The molecule has 1 heterocycles. The molecule has 2 aromatic carbocycles. The monoisotopic (exact) mass is 329 g/mol. The first-order valence-electron chi connectivity index (χ1n) is 7.71. The van der Waals surface area contributed by atoms with Gasteiger partial charge in [-0.3, -0.25) is 0 Å². The molecular weight excluding hydrogens is 310 g/mol. The van der Waals surface area contributed by atoms with Crippen molar-refractivity contribution in [3.8, 4) is 0 Å². The predicted molar refractivity (Wildman–Crippen MR) is 91.5 cm³/mol. The highest BCUT2D eigenvalue weighted by atomic mass is 32.2. The lowest BCUT2D eigenvalue weighted by molar-refractivity contribution is -0.146. The topological polar surface area (TPSA) is 60.8 Å². The van der Waals surface area contributed by atoms with Gasteiger partial charge >= 0.3 is 5.97 Å². The van der Waals surface area contributed by atoms with Crippen LogP contribution in [0.3, 0.4) is 0 Å². The summed E-state index contributed by atoms with van der Waals surface area (Å²) in [6, 6.07) is 13.6. The number of hydrogen-bond acceptors (Lipinski definition) is 4. The normalized spacial score (nSPS) is 14.1. The van der Waals surface area contributed by atoms with E-state index in [2.05, 4.69) is 24.0 Å². The average molecular weight is 329 g/mol. The third kappa shape index (κ3) is 3.07. The molecule has 1 aliphatic heterocycles. The summed E-state index contributed by atoms with van der Waals surface area (Å²) in [4.78, 5) is 15.4. The zero-order valence-corrected chi connectivity index (χ0v) is 13.7. The van der Waals surface area contributed by atoms with Crippen LogP contribution in [0, 0.1) is 0 Å². The maximum Gasteiger partial charge on any atom is 0.337 e. The van der Waals surface area contributed by atoms with Crippen LogP contribution in [0.25, 0.3) is 0 Å². The lowest BCUT2D eigenvalue weighted by atomic mass is 10.1. The standard InChI is InChI=1S/C18H19NO3S/c1-2-3-10-19-13-6-4-5-7-15(13)23-16-11-12(8-9-14(16)19)17(20)18(21)22/h4-9,11,17,20H,2-3,10H2,1H3,(H,21,22)/t17-/m0/s1. The lowest BCUT2D eigenvalue weighted by Gasteiger charge is -2.33. The molecule has 0 radical (unpaired) electrons. The minimum Gasteiger partial charge on any atom is -0.479 e. The minimum atomic E-state index is -1.48. The molecule has 0 spiro atoms. The average Bonchev–Trinajstić information content (AvgIpc) is 2.57. The van der Waals surface area contributed by atoms with Gasteiger partial charge in [-0.2, -0.15) is 0 Å². The van der Waals surface area contributed by atoms with Crippen LogP contribution in [0.15, 0.2) is 52.3 Å². The van der Waals surface area contributed by atoms with Crippen LogP contribution in [0.5, 0.6) is 0 Å². The summed E-state index contributed by atoms with van der Waals surface area (Å²) in [6.07, 6.45) is 0.705. The number of fused-ring (bicyclic) bond motifs is 2. The molecule has 2 N–H and O–H groups in total. The highest BCUT2D eigenvalue weighted by Crippen LogP contribution is 2.48. The number of carboxylic acids is 1. The molecule has 0 amide bonds. The van der Waals surface area contributed by atoms with Crippen LogP contribution < -0.4 is 4.90 Å². The minimum absolute atomic E-state index is 0.415. The van der Waals surface area contributed by atoms with E-state index in [1.807, 2.05) is 18.2 Å². The third-order valence-electron chi connectivity index (χ3n) is 3.94. The van der Waals surface area contributed by atoms with Gasteiger partial charge in [0.2, 0.25) is 0 Å². The fraction of sp³-hybridized carbons (Fsp3) is 0.278. The number of nitrogens with zero attached hydrogens (tertiary/aromatic N) is 1. The number of anilines is 2. The number of aliphatic hydroxyl groups is 1. The summed E-state index contributed by atoms with van der Waals surface area (Å²) in [7, 11) is 0. The number of carbonyl (C=O) groups is 1. The Kier molecular flexibility index (Phi) is 4.59. The highest BCUT2D eigenvalue weighted by molar-refractivity contribution is 7.99. The molecule has 0 saturated carbocycles. The second-order valence-corrected chi connectivity index (χ2v) is 6.63. The summed E-state index contributed by atoms with van der Waals surface area (Å²) in [6.45, 7) is 3.08. The van der Waals surface area contributed by atoms with E-state index in [-0.39, 0.29) is 0 Å². The van der Waals surface area contributed by atoms with Crippen molar-refractivity contribution in [2.75, 3.05) is 11.4 Å². The van der Waals surface area contributed by atoms with Gasteiger partial charge in [-0.15, -0.1) is 0 Å². The summed E-state index contributed by atoms with van der Waals surface area (Å²) < 4.78 is 0. The highest BCUT2D eigenvalue weighted by Gasteiger charge is 2.25. The van der Waals surface area contributed by atoms with Crippen molar-refractivity contribution in [1.82, 2.24) is 0 Å². The number of carboxylic acid groups (broad SMARTS) is 1. The molecule has 0 bridgehead atoms. The molecule has 0 fully saturated rings. The van der Waals surface area contributed by atoms with Crippen molar-refractivity contribution < 1.29 is 15.0 Å². The molecule has 4 nitrogen and oxygen atoms in total. The summed E-state index contributed by atoms with van der Waals surface area (Å²) in [5.74, 6) is -1.23. The van der Waals surface area contributed by atoms with Crippen LogP contribution in [0.4, 0.5) is 11.4 Å². The SMILES string of the molecule is CCCCN1c2ccccc2Sc2cc([C@H](O)C(=O)O)ccc21. The number of hydrogen-bond donors (Lipinski definition) is 2. The maximum absolute atomic E-state index is 11.0. The second kappa shape index (κ2) is 6.64. The molecule has 23 heavy (non-hydrogen) atoms. The van der Waals surface area contributed by atoms with Gasteiger partial charge in [-0.05, 0) is 36.2 Å². The van der Waals surface area contributed by atoms with Crippen LogP contribution in [-0.2, 0) is 4.79 Å². The molecular formula is C18H19NO3S. The molecule has 1 atom stereocenters. The predicted octanol–water partition coefficient (Wildman–Crippen LogP) is 4.21. The van der Waals surface area contributed by atoms with Gasteiger partial charge in [0.25, 0.3) is 0 Å². The van der Waals surface area contributed by atoms with Gasteiger partial charge in [0.15, 0.2) is 6.10 Å². The van der Waals surface area contributed by atoms with E-state index >= 15 is 0 Å². The van der Waals surface area contributed by atoms with Gasteiger partial charge in [-0.25, -0.2) is 4.79 Å². The Morgan fingerprint density at radius 2 is 1.91 bits per heavy atom. The summed E-state index contributed by atoms with van der Waals surface area (Å²) in [5.41, 5.74) is 2.67. The van der Waals surface area contributed by atoms with Gasteiger partial charge in [-0.1, -0.05) is 43.3 Å². The van der Waals surface area contributed by atoms with Gasteiger partial charge in [0, 0.05) is 16.3 Å². The van der Waals surface area contributed by atoms with E-state index in [1.54, 1.807) is 23.9 Å². The Labute approximate surface area is 139 Å². The first-order chi connectivity index (χ1) is 11.1. The number of rotatable bonds is 5. The Bertz CT molecular complexity index is 732. The number of aliphatic carboxylic acids is 1. The quantitative estimate of drug-likeness (QED) is 0.860. The Hall–Kier alpha value is -1.98. The Balaban J connectivity index is 2.03. The number of unbranched alkanes of at least 4 members (excludes halogenated alkanes) is 1. The summed E-state index contributed by atoms with van der Waals surface area (Å²) in [5, 5.41) is 18.8. The molecule has 5 heteroatoms. The van der Waals surface area contributed by atoms with Crippen LogP contribution >= 0.6 is 11.8 Å². The van der Waals surface area contributed by atoms with Crippen LogP contribution in [0.2, 0.25) is 0 Å². The molecule has 0 unspecified atom stereocenters. The first kappa shape index (κ1) is 15.9. The lowest BCUT2D eigenvalue weighted by Crippen LogP contribution is -2.22. The molecule has 3 rings (SSSR count). The molecule has 0 aliphatic carbocycles. The molecule has 1 aliphatic rings. The Morgan fingerprint density at radius 3 is 2.65 bits per heavy atom. The zero-order valence-electron chi connectivity index (χ0n) is 12.9. The summed E-state index contributed by atoms with van der Waals surface area (Å²) >= 11 is 1.62.